The number of esters is 3. The molecule has 0 spiro atoms. The van der Waals surface area contributed by atoms with Crippen molar-refractivity contribution in [3.05, 3.63) is 29.8 Å². The zero-order valence-electron chi connectivity index (χ0n) is 33.7. The number of ether oxygens (including phenoxy) is 3. The van der Waals surface area contributed by atoms with Gasteiger partial charge < -0.3 is 19.1 Å². The maximum atomic E-state index is 12.9. The van der Waals surface area contributed by atoms with E-state index in [0.717, 1.165) is 129 Å². The number of rotatable bonds is 35. The summed E-state index contributed by atoms with van der Waals surface area (Å²) in [7, 11) is 3.97. The maximum absolute atomic E-state index is 12.9. The second-order valence-corrected chi connectivity index (χ2v) is 14.8. The predicted octanol–water partition coefficient (Wildman–Crippen LogP) is 11.1. The number of carbonyl (C=O) groups excluding carboxylic acids is 3. The van der Waals surface area contributed by atoms with Crippen molar-refractivity contribution in [1.82, 2.24) is 4.90 Å². The van der Waals surface area contributed by atoms with Crippen LogP contribution in [0.5, 0.6) is 0 Å². The molecule has 0 fully saturated rings. The summed E-state index contributed by atoms with van der Waals surface area (Å²) in [6, 6.07) is 0. The van der Waals surface area contributed by atoms with E-state index in [9.17, 15) is 14.4 Å². The van der Waals surface area contributed by atoms with E-state index in [1.54, 1.807) is 0 Å². The Balaban J connectivity index is 4.23. The average Bonchev–Trinajstić information content (AvgIpc) is 3.09. The number of hydrogen-bond donors (Lipinski definition) is 0. The molecule has 0 amide bonds. The molecule has 0 N–H and O–H groups in total. The quantitative estimate of drug-likeness (QED) is 0.0279. The van der Waals surface area contributed by atoms with Gasteiger partial charge in [-0.3, -0.25) is 14.4 Å². The molecule has 294 valence electrons. The molecule has 0 saturated heterocycles. The van der Waals surface area contributed by atoms with E-state index in [1.807, 2.05) is 25.1 Å². The van der Waals surface area contributed by atoms with Crippen molar-refractivity contribution in [3.8, 4) is 0 Å². The van der Waals surface area contributed by atoms with Crippen LogP contribution in [0, 0.1) is 17.8 Å². The van der Waals surface area contributed by atoms with Gasteiger partial charge in [0.05, 0.1) is 25.6 Å². The molecule has 51 heavy (non-hydrogen) atoms. The van der Waals surface area contributed by atoms with Crippen molar-refractivity contribution in [2.75, 3.05) is 40.5 Å². The van der Waals surface area contributed by atoms with E-state index < -0.39 is 0 Å². The number of nitrogens with zero attached hydrogens (tertiary/aromatic N) is 1. The van der Waals surface area contributed by atoms with Gasteiger partial charge in [-0.15, -0.1) is 0 Å². The molecule has 0 radical (unpaired) electrons. The van der Waals surface area contributed by atoms with Crippen LogP contribution in [-0.4, -0.2) is 63.3 Å². The highest BCUT2D eigenvalue weighted by molar-refractivity contribution is 5.72. The first kappa shape index (κ1) is 48.5. The molecule has 0 aromatic carbocycles. The summed E-state index contributed by atoms with van der Waals surface area (Å²) in [5, 5.41) is 0. The van der Waals surface area contributed by atoms with E-state index in [4.69, 9.17) is 14.2 Å². The molecule has 3 atom stereocenters. The summed E-state index contributed by atoms with van der Waals surface area (Å²) in [6.07, 6.45) is 26.3. The van der Waals surface area contributed by atoms with E-state index in [1.165, 1.54) is 19.3 Å². The zero-order valence-corrected chi connectivity index (χ0v) is 33.7. The highest BCUT2D eigenvalue weighted by Crippen LogP contribution is 2.21. The minimum atomic E-state index is -0.142. The summed E-state index contributed by atoms with van der Waals surface area (Å²) < 4.78 is 16.6. The molecular weight excluding hydrogens is 638 g/mol. The first-order valence-electron chi connectivity index (χ1n) is 20.7. The number of unbranched alkanes of at least 4 members (excludes halogenated alkanes) is 14. The van der Waals surface area contributed by atoms with Gasteiger partial charge in [-0.2, -0.15) is 0 Å². The van der Waals surface area contributed by atoms with Gasteiger partial charge in [0, 0.05) is 13.0 Å². The molecular formula is C44H77NO6. The summed E-state index contributed by atoms with van der Waals surface area (Å²) in [4.78, 5) is 39.4. The van der Waals surface area contributed by atoms with Gasteiger partial charge in [0.1, 0.15) is 6.61 Å². The van der Waals surface area contributed by atoms with Crippen molar-refractivity contribution in [3.63, 3.8) is 0 Å². The predicted molar refractivity (Wildman–Crippen MR) is 210 cm³/mol. The van der Waals surface area contributed by atoms with E-state index in [2.05, 4.69) is 44.5 Å². The molecule has 0 aromatic rings. The van der Waals surface area contributed by atoms with Gasteiger partial charge in [-0.25, -0.2) is 0 Å². The number of hydrogen-bond acceptors (Lipinski definition) is 7. The highest BCUT2D eigenvalue weighted by atomic mass is 16.5. The van der Waals surface area contributed by atoms with E-state index in [-0.39, 0.29) is 29.7 Å². The third kappa shape index (κ3) is 33.1. The third-order valence-electron chi connectivity index (χ3n) is 9.44. The van der Waals surface area contributed by atoms with Gasteiger partial charge in [0.2, 0.25) is 0 Å². The first-order chi connectivity index (χ1) is 24.7. The SMILES string of the molecule is C=C=C=C=CC(CCCCC)CC(=O)OCCCCCCCCC(CCCCCCCCOC(=O)CC(C)CCCCC)C(=O)OCCN(C)C. The van der Waals surface area contributed by atoms with Crippen LogP contribution in [0.15, 0.2) is 29.8 Å². The molecule has 7 heteroatoms. The topological polar surface area (TPSA) is 82.1 Å². The lowest BCUT2D eigenvalue weighted by molar-refractivity contribution is -0.149. The Morgan fingerprint density at radius 3 is 1.65 bits per heavy atom. The molecule has 0 aliphatic rings. The Labute approximate surface area is 313 Å². The van der Waals surface area contributed by atoms with Crippen LogP contribution < -0.4 is 0 Å². The van der Waals surface area contributed by atoms with Gasteiger partial charge >= 0.3 is 17.9 Å². The normalized spacial score (nSPS) is 12.7. The van der Waals surface area contributed by atoms with Crippen LogP contribution in [0.4, 0.5) is 0 Å². The van der Waals surface area contributed by atoms with Crippen LogP contribution in [0.2, 0.25) is 0 Å². The fraction of sp³-hybridized carbons (Fsp3) is 0.818. The second kappa shape index (κ2) is 35.8. The number of carbonyl (C=O) groups is 3. The molecule has 0 rings (SSSR count). The smallest absolute Gasteiger partial charge is 0.308 e. The number of likely N-dealkylation sites (N-methyl/N-ethyl adjacent to an activating group) is 1. The standard InChI is InChI=1S/C44H77NO6/c1-7-10-21-28-39(4)37-42(46)49-34-26-19-15-13-17-24-31-41(44(48)51-36-33-45(5)6)32-25-18-14-16-20-27-35-50-43(47)38-40(29-22-11-8-2)30-23-12-9-3/h29,39-41H,2,7,9-10,12-21,23-28,30-38H2,1,3-6H3. The monoisotopic (exact) mass is 716 g/mol. The molecule has 0 aromatic heterocycles. The summed E-state index contributed by atoms with van der Waals surface area (Å²) in [6.45, 7) is 12.2. The number of allylic oxidation sites excluding steroid dienone is 1. The lowest BCUT2D eigenvalue weighted by atomic mass is 9.94. The van der Waals surface area contributed by atoms with Crippen LogP contribution in [0.3, 0.4) is 0 Å². The van der Waals surface area contributed by atoms with Crippen LogP contribution in [0.1, 0.15) is 175 Å². The molecule has 3 unspecified atom stereocenters. The van der Waals surface area contributed by atoms with Crippen LogP contribution in [0.25, 0.3) is 0 Å². The largest absolute Gasteiger partial charge is 0.466 e. The van der Waals surface area contributed by atoms with Crippen LogP contribution in [-0.2, 0) is 28.6 Å². The van der Waals surface area contributed by atoms with Crippen molar-refractivity contribution >= 4 is 17.9 Å². The molecule has 0 heterocycles. The van der Waals surface area contributed by atoms with Crippen molar-refractivity contribution in [1.29, 1.82) is 0 Å². The Hall–Kier alpha value is -2.55. The minimum absolute atomic E-state index is 0.0284. The fourth-order valence-corrected chi connectivity index (χ4v) is 6.17. The molecule has 0 aliphatic heterocycles. The first-order valence-corrected chi connectivity index (χ1v) is 20.7. The van der Waals surface area contributed by atoms with Gasteiger partial charge in [0.15, 0.2) is 0 Å². The summed E-state index contributed by atoms with van der Waals surface area (Å²) >= 11 is 0. The Bertz CT molecular complexity index is 990. The highest BCUT2D eigenvalue weighted by Gasteiger charge is 2.19. The summed E-state index contributed by atoms with van der Waals surface area (Å²) in [5.41, 5.74) is 8.22. The Morgan fingerprint density at radius 2 is 1.12 bits per heavy atom. The lowest BCUT2D eigenvalue weighted by Crippen LogP contribution is -2.24. The zero-order chi connectivity index (χ0) is 37.8. The Morgan fingerprint density at radius 1 is 0.627 bits per heavy atom. The maximum Gasteiger partial charge on any atom is 0.308 e. The van der Waals surface area contributed by atoms with Gasteiger partial charge in [-0.05, 0) is 76.4 Å². The fourth-order valence-electron chi connectivity index (χ4n) is 6.17. The molecule has 7 nitrogen and oxygen atoms in total. The lowest BCUT2D eigenvalue weighted by Gasteiger charge is -2.17. The minimum Gasteiger partial charge on any atom is -0.466 e. The molecule has 0 bridgehead atoms. The Kier molecular flexibility index (Phi) is 34.0. The van der Waals surface area contributed by atoms with Crippen molar-refractivity contribution < 1.29 is 28.6 Å². The third-order valence-corrected chi connectivity index (χ3v) is 9.44. The van der Waals surface area contributed by atoms with Gasteiger partial charge in [0.25, 0.3) is 0 Å². The van der Waals surface area contributed by atoms with E-state index >= 15 is 0 Å². The van der Waals surface area contributed by atoms with Crippen molar-refractivity contribution in [2.24, 2.45) is 17.8 Å². The van der Waals surface area contributed by atoms with Crippen molar-refractivity contribution in [2.45, 2.75) is 175 Å². The second-order valence-electron chi connectivity index (χ2n) is 14.8. The summed E-state index contributed by atoms with van der Waals surface area (Å²) in [5.74, 6) is 0.256. The average molecular weight is 716 g/mol. The molecule has 0 saturated carbocycles. The van der Waals surface area contributed by atoms with Gasteiger partial charge in [-0.1, -0.05) is 141 Å². The van der Waals surface area contributed by atoms with Crippen LogP contribution >= 0.6 is 0 Å². The van der Waals surface area contributed by atoms with E-state index in [0.29, 0.717) is 38.6 Å². The molecule has 0 aliphatic carbocycles.